The monoisotopic (exact) mass is 178 g/mol. The quantitative estimate of drug-likeness (QED) is 0.751. The lowest BCUT2D eigenvalue weighted by Gasteiger charge is -2.09. The normalized spacial score (nSPS) is 19.0. The standard InChI is InChI=1S/C11H18N2/c1-9-3-4-10(13(9)2)5-6-11(12)7-8-11/h3-4H,5-8,12H2,1-2H3. The number of hydrogen-bond acceptors (Lipinski definition) is 1. The molecule has 2 N–H and O–H groups in total. The van der Waals surface area contributed by atoms with E-state index in [0.29, 0.717) is 0 Å². The lowest BCUT2D eigenvalue weighted by molar-refractivity contribution is 0.592. The van der Waals surface area contributed by atoms with Crippen LogP contribution >= 0.6 is 0 Å². The molecule has 2 nitrogen and oxygen atoms in total. The van der Waals surface area contributed by atoms with Gasteiger partial charge < -0.3 is 10.3 Å². The predicted molar refractivity (Wildman–Crippen MR) is 54.6 cm³/mol. The first-order valence-electron chi connectivity index (χ1n) is 5.01. The van der Waals surface area contributed by atoms with Crippen molar-refractivity contribution in [3.63, 3.8) is 0 Å². The number of nitrogens with two attached hydrogens (primary N) is 1. The molecular formula is C11H18N2. The molecule has 0 aromatic carbocycles. The summed E-state index contributed by atoms with van der Waals surface area (Å²) in [4.78, 5) is 0. The van der Waals surface area contributed by atoms with Crippen LogP contribution in [0, 0.1) is 6.92 Å². The zero-order valence-electron chi connectivity index (χ0n) is 8.51. The minimum atomic E-state index is 0.193. The molecule has 0 atom stereocenters. The van der Waals surface area contributed by atoms with E-state index in [0.717, 1.165) is 12.8 Å². The third-order valence-electron chi connectivity index (χ3n) is 3.25. The fraction of sp³-hybridized carbons (Fsp3) is 0.636. The smallest absolute Gasteiger partial charge is 0.0175 e. The molecular weight excluding hydrogens is 160 g/mol. The number of nitrogens with zero attached hydrogens (tertiary/aromatic N) is 1. The van der Waals surface area contributed by atoms with Crippen LogP contribution in [-0.4, -0.2) is 10.1 Å². The highest BCUT2D eigenvalue weighted by atomic mass is 14.9. The summed E-state index contributed by atoms with van der Waals surface area (Å²) in [5.74, 6) is 0. The molecule has 0 unspecified atom stereocenters. The maximum absolute atomic E-state index is 6.04. The first-order valence-corrected chi connectivity index (χ1v) is 5.01. The molecule has 0 saturated heterocycles. The van der Waals surface area contributed by atoms with Crippen molar-refractivity contribution in [1.82, 2.24) is 4.57 Å². The molecule has 2 heteroatoms. The average molecular weight is 178 g/mol. The summed E-state index contributed by atoms with van der Waals surface area (Å²) in [6.45, 7) is 2.14. The first kappa shape index (κ1) is 8.82. The van der Waals surface area contributed by atoms with Crippen LogP contribution in [-0.2, 0) is 13.5 Å². The van der Waals surface area contributed by atoms with Crippen LogP contribution in [0.2, 0.25) is 0 Å². The van der Waals surface area contributed by atoms with Gasteiger partial charge in [0.05, 0.1) is 0 Å². The molecule has 2 rings (SSSR count). The largest absolute Gasteiger partial charge is 0.352 e. The Morgan fingerprint density at radius 1 is 1.46 bits per heavy atom. The Kier molecular flexibility index (Phi) is 1.95. The Morgan fingerprint density at radius 3 is 2.62 bits per heavy atom. The maximum atomic E-state index is 6.04. The van der Waals surface area contributed by atoms with Gasteiger partial charge in [-0.2, -0.15) is 0 Å². The molecule has 1 aromatic heterocycles. The number of hydrogen-bond donors (Lipinski definition) is 1. The van der Waals surface area contributed by atoms with E-state index in [1.807, 2.05) is 0 Å². The van der Waals surface area contributed by atoms with Gasteiger partial charge in [0.1, 0.15) is 0 Å². The summed E-state index contributed by atoms with van der Waals surface area (Å²) in [6.07, 6.45) is 4.71. The van der Waals surface area contributed by atoms with E-state index in [-0.39, 0.29) is 5.54 Å². The number of aromatic nitrogens is 1. The van der Waals surface area contributed by atoms with Crippen molar-refractivity contribution < 1.29 is 0 Å². The molecule has 1 fully saturated rings. The highest BCUT2D eigenvalue weighted by Crippen LogP contribution is 2.36. The van der Waals surface area contributed by atoms with E-state index in [4.69, 9.17) is 5.73 Å². The van der Waals surface area contributed by atoms with E-state index in [1.54, 1.807) is 0 Å². The minimum absolute atomic E-state index is 0.193. The molecule has 0 aliphatic heterocycles. The van der Waals surface area contributed by atoms with Gasteiger partial charge in [-0.05, 0) is 44.7 Å². The average Bonchev–Trinajstić information content (AvgIpc) is 2.75. The predicted octanol–water partition coefficient (Wildman–Crippen LogP) is 1.76. The van der Waals surface area contributed by atoms with Crippen LogP contribution in [0.3, 0.4) is 0 Å². The zero-order valence-corrected chi connectivity index (χ0v) is 8.51. The Hall–Kier alpha value is -0.760. The molecule has 1 aliphatic rings. The lowest BCUT2D eigenvalue weighted by Crippen LogP contribution is -2.22. The van der Waals surface area contributed by atoms with Crippen molar-refractivity contribution in [1.29, 1.82) is 0 Å². The van der Waals surface area contributed by atoms with Crippen LogP contribution in [0.5, 0.6) is 0 Å². The van der Waals surface area contributed by atoms with Gasteiger partial charge in [-0.3, -0.25) is 0 Å². The second-order valence-corrected chi connectivity index (χ2v) is 4.39. The molecule has 1 aliphatic carbocycles. The van der Waals surface area contributed by atoms with Crippen molar-refractivity contribution >= 4 is 0 Å². The summed E-state index contributed by atoms with van der Waals surface area (Å²) in [5.41, 5.74) is 8.98. The summed E-state index contributed by atoms with van der Waals surface area (Å²) < 4.78 is 2.26. The molecule has 0 bridgehead atoms. The lowest BCUT2D eigenvalue weighted by atomic mass is 10.1. The Balaban J connectivity index is 1.97. The van der Waals surface area contributed by atoms with Gasteiger partial charge in [0.25, 0.3) is 0 Å². The topological polar surface area (TPSA) is 30.9 Å². The molecule has 0 radical (unpaired) electrons. The van der Waals surface area contributed by atoms with E-state index in [2.05, 4.69) is 30.7 Å². The summed E-state index contributed by atoms with van der Waals surface area (Å²) in [6, 6.07) is 4.38. The highest BCUT2D eigenvalue weighted by Gasteiger charge is 2.37. The van der Waals surface area contributed by atoms with Gasteiger partial charge in [-0.1, -0.05) is 0 Å². The molecule has 13 heavy (non-hydrogen) atoms. The Bertz CT molecular complexity index is 308. The fourth-order valence-corrected chi connectivity index (χ4v) is 1.71. The third kappa shape index (κ3) is 1.78. The summed E-state index contributed by atoms with van der Waals surface area (Å²) in [7, 11) is 2.13. The SMILES string of the molecule is Cc1ccc(CCC2(N)CC2)n1C. The third-order valence-corrected chi connectivity index (χ3v) is 3.25. The van der Waals surface area contributed by atoms with Crippen molar-refractivity contribution in [3.8, 4) is 0 Å². The molecule has 1 saturated carbocycles. The van der Waals surface area contributed by atoms with E-state index >= 15 is 0 Å². The first-order chi connectivity index (χ1) is 6.11. The second kappa shape index (κ2) is 2.88. The van der Waals surface area contributed by atoms with Gasteiger partial charge in [0, 0.05) is 24.0 Å². The molecule has 0 spiro atoms. The molecule has 1 aromatic rings. The van der Waals surface area contributed by atoms with E-state index in [1.165, 1.54) is 24.2 Å². The van der Waals surface area contributed by atoms with Crippen molar-refractivity contribution in [2.45, 2.75) is 38.1 Å². The van der Waals surface area contributed by atoms with Crippen molar-refractivity contribution in [2.75, 3.05) is 0 Å². The Morgan fingerprint density at radius 2 is 2.15 bits per heavy atom. The van der Waals surface area contributed by atoms with Gasteiger partial charge in [-0.15, -0.1) is 0 Å². The summed E-state index contributed by atoms with van der Waals surface area (Å²) in [5, 5.41) is 0. The maximum Gasteiger partial charge on any atom is 0.0175 e. The molecule has 72 valence electrons. The van der Waals surface area contributed by atoms with Gasteiger partial charge >= 0.3 is 0 Å². The van der Waals surface area contributed by atoms with Crippen LogP contribution in [0.25, 0.3) is 0 Å². The second-order valence-electron chi connectivity index (χ2n) is 4.39. The van der Waals surface area contributed by atoms with Crippen molar-refractivity contribution in [2.24, 2.45) is 12.8 Å². The number of aryl methyl sites for hydroxylation is 2. The van der Waals surface area contributed by atoms with Crippen LogP contribution in [0.15, 0.2) is 12.1 Å². The Labute approximate surface area is 79.7 Å². The fourth-order valence-electron chi connectivity index (χ4n) is 1.71. The van der Waals surface area contributed by atoms with Crippen LogP contribution in [0.1, 0.15) is 30.7 Å². The molecule has 0 amide bonds. The van der Waals surface area contributed by atoms with Gasteiger partial charge in [0.2, 0.25) is 0 Å². The van der Waals surface area contributed by atoms with Crippen LogP contribution < -0.4 is 5.73 Å². The van der Waals surface area contributed by atoms with Gasteiger partial charge in [0.15, 0.2) is 0 Å². The summed E-state index contributed by atoms with van der Waals surface area (Å²) >= 11 is 0. The van der Waals surface area contributed by atoms with Gasteiger partial charge in [-0.25, -0.2) is 0 Å². The van der Waals surface area contributed by atoms with E-state index in [9.17, 15) is 0 Å². The van der Waals surface area contributed by atoms with Crippen molar-refractivity contribution in [3.05, 3.63) is 23.5 Å². The highest BCUT2D eigenvalue weighted by molar-refractivity contribution is 5.15. The minimum Gasteiger partial charge on any atom is -0.352 e. The zero-order chi connectivity index (χ0) is 9.47. The molecule has 1 heterocycles. The van der Waals surface area contributed by atoms with E-state index < -0.39 is 0 Å². The number of rotatable bonds is 3. The van der Waals surface area contributed by atoms with Crippen LogP contribution in [0.4, 0.5) is 0 Å².